The summed E-state index contributed by atoms with van der Waals surface area (Å²) in [6, 6.07) is 9.73. The highest BCUT2D eigenvalue weighted by atomic mass is 32.2. The van der Waals surface area contributed by atoms with Crippen LogP contribution in [-0.4, -0.2) is 57.9 Å². The fraction of sp³-hybridized carbons (Fsp3) is 0.500. The molecule has 4 aromatic rings. The van der Waals surface area contributed by atoms with Crippen LogP contribution in [0.4, 0.5) is 19.0 Å². The maximum Gasteiger partial charge on any atom is 0.278 e. The second-order valence-electron chi connectivity index (χ2n) is 14.0. The summed E-state index contributed by atoms with van der Waals surface area (Å²) in [4.78, 5) is 2.15. The van der Waals surface area contributed by atoms with Crippen molar-refractivity contribution in [1.82, 2.24) is 24.9 Å². The fourth-order valence-corrected chi connectivity index (χ4v) is 9.28. The summed E-state index contributed by atoms with van der Waals surface area (Å²) in [6.45, 7) is 4.02. The normalized spacial score (nSPS) is 25.1. The van der Waals surface area contributed by atoms with Gasteiger partial charge in [0.1, 0.15) is 15.7 Å². The van der Waals surface area contributed by atoms with E-state index in [0.29, 0.717) is 49.4 Å². The highest BCUT2D eigenvalue weighted by molar-refractivity contribution is 7.91. The molecule has 2 fully saturated rings. The van der Waals surface area contributed by atoms with Gasteiger partial charge in [0.05, 0.1) is 47.0 Å². The molecule has 0 radical (unpaired) electrons. The Balaban J connectivity index is 1.31. The Bertz CT molecular complexity index is 2000. The van der Waals surface area contributed by atoms with Gasteiger partial charge in [-0.1, -0.05) is 24.3 Å². The average Bonchev–Trinajstić information content (AvgIpc) is 3.53. The first kappa shape index (κ1) is 33.5. The summed E-state index contributed by atoms with van der Waals surface area (Å²) in [6.07, 6.45) is 8.70. The van der Waals surface area contributed by atoms with Crippen molar-refractivity contribution in [2.75, 3.05) is 29.9 Å². The number of nitriles is 1. The van der Waals surface area contributed by atoms with Crippen LogP contribution in [0.2, 0.25) is 0 Å². The zero-order valence-corrected chi connectivity index (χ0v) is 28.3. The number of fused-ring (bicyclic) bond motifs is 6. The zero-order chi connectivity index (χ0) is 34.4. The molecular formula is C36H40F3N7O2S. The molecule has 1 N–H and O–H groups in total. The standard InChI is InChI=1S/C36H40F3N7O2S/c1-24-29-6-4-7-32(33(29)37)36(38,39)27-8-13-45(14-9-27)21-25-19-42-46(22-25)12-3-2-5-26-17-28(18-30-31(26)20-41-44-34(30)43-24)35(23-40)10-15-49(47,48)16-11-35/h4,6-7,17-20,22,24,27H,2-3,5,8-16,21H2,1H3,(H,43,44)/t24-/m1/s1. The molecule has 9 nitrogen and oxygen atoms in total. The molecule has 0 saturated carbocycles. The Labute approximate surface area is 284 Å². The number of anilines is 1. The molecular weight excluding hydrogens is 652 g/mol. The van der Waals surface area contributed by atoms with Gasteiger partial charge in [-0.25, -0.2) is 21.6 Å². The van der Waals surface area contributed by atoms with Gasteiger partial charge in [0.25, 0.3) is 5.92 Å². The van der Waals surface area contributed by atoms with Gasteiger partial charge in [0.2, 0.25) is 0 Å². The Morgan fingerprint density at radius 2 is 1.82 bits per heavy atom. The van der Waals surface area contributed by atoms with Crippen molar-refractivity contribution in [1.29, 1.82) is 5.26 Å². The van der Waals surface area contributed by atoms with Gasteiger partial charge in [0, 0.05) is 47.1 Å². The molecule has 0 unspecified atom stereocenters. The van der Waals surface area contributed by atoms with Crippen molar-refractivity contribution in [2.45, 2.75) is 82.3 Å². The first-order chi connectivity index (χ1) is 23.5. The van der Waals surface area contributed by atoms with Crippen LogP contribution in [0.5, 0.6) is 0 Å². The van der Waals surface area contributed by atoms with E-state index in [1.165, 1.54) is 18.2 Å². The smallest absolute Gasteiger partial charge is 0.278 e. The van der Waals surface area contributed by atoms with E-state index in [-0.39, 0.29) is 42.8 Å². The minimum absolute atomic E-state index is 0.0740. The number of aryl methyl sites for hydroxylation is 2. The van der Waals surface area contributed by atoms with Crippen LogP contribution >= 0.6 is 0 Å². The van der Waals surface area contributed by atoms with E-state index >= 15 is 13.2 Å². The molecule has 258 valence electrons. The topological polar surface area (TPSA) is 117 Å². The van der Waals surface area contributed by atoms with Crippen molar-refractivity contribution in [3.63, 3.8) is 0 Å². The molecule has 0 amide bonds. The number of sulfone groups is 1. The molecule has 4 aliphatic rings. The molecule has 8 rings (SSSR count). The van der Waals surface area contributed by atoms with Gasteiger partial charge >= 0.3 is 0 Å². The van der Waals surface area contributed by atoms with Gasteiger partial charge in [-0.2, -0.15) is 15.5 Å². The van der Waals surface area contributed by atoms with E-state index in [1.807, 2.05) is 29.2 Å². The quantitative estimate of drug-likeness (QED) is 0.242. The minimum Gasteiger partial charge on any atom is -0.361 e. The van der Waals surface area contributed by atoms with Crippen molar-refractivity contribution in [3.05, 3.63) is 82.6 Å². The number of nitrogens with zero attached hydrogens (tertiary/aromatic N) is 6. The van der Waals surface area contributed by atoms with E-state index in [9.17, 15) is 13.7 Å². The molecule has 2 aromatic heterocycles. The number of aromatic nitrogens is 4. The van der Waals surface area contributed by atoms with Crippen molar-refractivity contribution in [3.8, 4) is 6.07 Å². The number of hydrogen-bond acceptors (Lipinski definition) is 8. The van der Waals surface area contributed by atoms with Crippen LogP contribution in [0.15, 0.2) is 48.9 Å². The van der Waals surface area contributed by atoms with E-state index in [4.69, 9.17) is 0 Å². The van der Waals surface area contributed by atoms with Crippen LogP contribution in [0, 0.1) is 23.1 Å². The number of halogens is 3. The summed E-state index contributed by atoms with van der Waals surface area (Å²) < 4.78 is 74.8. The Kier molecular flexibility index (Phi) is 8.90. The second kappa shape index (κ2) is 13.0. The number of benzene rings is 2. The van der Waals surface area contributed by atoms with E-state index in [1.54, 1.807) is 13.1 Å². The molecule has 13 heteroatoms. The third kappa shape index (κ3) is 6.53. The van der Waals surface area contributed by atoms with E-state index in [2.05, 4.69) is 31.6 Å². The lowest BCUT2D eigenvalue weighted by molar-refractivity contribution is -0.0885. The van der Waals surface area contributed by atoms with Crippen molar-refractivity contribution >= 4 is 26.4 Å². The fourth-order valence-electron chi connectivity index (χ4n) is 7.76. The SMILES string of the molecule is C[C@H]1Nc2nncc3c(cc(C4(C#N)CCS(=O)(=O)CC4)cc23)CCCCn2cc(cn2)CN2CCC(CC2)C(F)(F)c2cccc1c2F. The molecule has 1 atom stereocenters. The highest BCUT2D eigenvalue weighted by Gasteiger charge is 2.45. The number of nitrogens with one attached hydrogen (secondary N) is 1. The summed E-state index contributed by atoms with van der Waals surface area (Å²) >= 11 is 0. The lowest BCUT2D eigenvalue weighted by atomic mass is 9.75. The summed E-state index contributed by atoms with van der Waals surface area (Å²) in [7, 11) is -3.23. The maximum atomic E-state index is 16.1. The molecule has 49 heavy (non-hydrogen) atoms. The first-order valence-corrected chi connectivity index (χ1v) is 18.9. The highest BCUT2D eigenvalue weighted by Crippen LogP contribution is 2.44. The number of hydrogen-bond donors (Lipinski definition) is 1. The molecule has 0 aliphatic carbocycles. The predicted molar refractivity (Wildman–Crippen MR) is 180 cm³/mol. The summed E-state index contributed by atoms with van der Waals surface area (Å²) in [5.74, 6) is -5.09. The zero-order valence-electron chi connectivity index (χ0n) is 27.5. The molecule has 4 aliphatic heterocycles. The average molecular weight is 692 g/mol. The van der Waals surface area contributed by atoms with Gasteiger partial charge in [-0.15, -0.1) is 5.10 Å². The van der Waals surface area contributed by atoms with Crippen LogP contribution in [0.3, 0.4) is 0 Å². The van der Waals surface area contributed by atoms with Crippen LogP contribution < -0.4 is 5.32 Å². The van der Waals surface area contributed by atoms with Crippen LogP contribution in [0.25, 0.3) is 10.8 Å². The number of rotatable bonds is 1. The maximum absolute atomic E-state index is 16.1. The Hall–Kier alpha value is -4.02. The summed E-state index contributed by atoms with van der Waals surface area (Å²) in [5, 5.41) is 28.3. The lowest BCUT2D eigenvalue weighted by Gasteiger charge is -2.36. The monoisotopic (exact) mass is 691 g/mol. The Morgan fingerprint density at radius 1 is 1.04 bits per heavy atom. The third-order valence-corrected chi connectivity index (χ3v) is 12.4. The molecule has 6 heterocycles. The van der Waals surface area contributed by atoms with Gasteiger partial charge in [-0.3, -0.25) is 9.58 Å². The third-order valence-electron chi connectivity index (χ3n) is 10.8. The van der Waals surface area contributed by atoms with Gasteiger partial charge in [-0.05, 0) is 82.2 Å². The molecule has 0 spiro atoms. The first-order valence-electron chi connectivity index (χ1n) is 17.1. The van der Waals surface area contributed by atoms with Gasteiger partial charge in [0.15, 0.2) is 5.82 Å². The Morgan fingerprint density at radius 3 is 2.57 bits per heavy atom. The predicted octanol–water partition coefficient (Wildman–Crippen LogP) is 6.45. The molecule has 2 aromatic carbocycles. The van der Waals surface area contributed by atoms with Crippen molar-refractivity contribution < 1.29 is 21.6 Å². The molecule has 2 saturated heterocycles. The minimum atomic E-state index is -3.35. The van der Waals surface area contributed by atoms with E-state index in [0.717, 1.165) is 29.4 Å². The number of piperidine rings is 1. The lowest BCUT2D eigenvalue weighted by Crippen LogP contribution is -2.39. The largest absolute Gasteiger partial charge is 0.361 e. The van der Waals surface area contributed by atoms with E-state index < -0.39 is 44.5 Å². The molecule has 10 bridgehead atoms. The number of alkyl halides is 2. The van der Waals surface area contributed by atoms with Crippen molar-refractivity contribution in [2.24, 2.45) is 5.92 Å². The van der Waals surface area contributed by atoms with Crippen LogP contribution in [-0.2, 0) is 40.7 Å². The summed E-state index contributed by atoms with van der Waals surface area (Å²) in [5.41, 5.74) is 1.17. The van der Waals surface area contributed by atoms with Crippen LogP contribution in [0.1, 0.15) is 79.3 Å². The second-order valence-corrected chi connectivity index (χ2v) is 16.3. The van der Waals surface area contributed by atoms with Gasteiger partial charge < -0.3 is 5.32 Å².